The summed E-state index contributed by atoms with van der Waals surface area (Å²) in [5.41, 5.74) is 2.99. The van der Waals surface area contributed by atoms with E-state index in [-0.39, 0.29) is 18.4 Å². The molecule has 1 amide bonds. The third-order valence-corrected chi connectivity index (χ3v) is 5.43. The first-order valence-corrected chi connectivity index (χ1v) is 10.4. The van der Waals surface area contributed by atoms with E-state index in [0.717, 1.165) is 15.8 Å². The molecule has 0 atom stereocenters. The summed E-state index contributed by atoms with van der Waals surface area (Å²) in [6, 6.07) is 15.7. The van der Waals surface area contributed by atoms with Crippen molar-refractivity contribution in [3.05, 3.63) is 70.5 Å². The van der Waals surface area contributed by atoms with E-state index in [9.17, 15) is 9.59 Å². The lowest BCUT2D eigenvalue weighted by Gasteiger charge is -2.07. The summed E-state index contributed by atoms with van der Waals surface area (Å²) in [5.74, 6) is -0.341. The van der Waals surface area contributed by atoms with Crippen molar-refractivity contribution in [2.45, 2.75) is 33.2 Å². The fourth-order valence-corrected chi connectivity index (χ4v) is 3.97. The number of amides is 1. The summed E-state index contributed by atoms with van der Waals surface area (Å²) in [6.07, 6.45) is 3.17. The van der Waals surface area contributed by atoms with Gasteiger partial charge in [-0.25, -0.2) is 0 Å². The van der Waals surface area contributed by atoms with Gasteiger partial charge in [-0.1, -0.05) is 61.6 Å². The van der Waals surface area contributed by atoms with Crippen molar-refractivity contribution in [2.24, 2.45) is 4.99 Å². The molecule has 1 heterocycles. The maximum absolute atomic E-state index is 12.4. The van der Waals surface area contributed by atoms with E-state index >= 15 is 0 Å². The molecule has 1 aromatic heterocycles. The predicted molar refractivity (Wildman–Crippen MR) is 117 cm³/mol. The van der Waals surface area contributed by atoms with Crippen LogP contribution in [0.4, 0.5) is 0 Å². The van der Waals surface area contributed by atoms with Crippen LogP contribution < -0.4 is 4.80 Å². The number of hydrogen-bond acceptors (Lipinski definition) is 4. The van der Waals surface area contributed by atoms with E-state index in [4.69, 9.17) is 4.74 Å². The predicted octanol–water partition coefficient (Wildman–Crippen LogP) is 4.53. The largest absolute Gasteiger partial charge is 0.465 e. The summed E-state index contributed by atoms with van der Waals surface area (Å²) in [6.45, 7) is 6.36. The molecule has 0 unspecified atom stereocenters. The highest BCUT2D eigenvalue weighted by Crippen LogP contribution is 2.23. The van der Waals surface area contributed by atoms with Crippen LogP contribution in [-0.2, 0) is 20.9 Å². The smallest absolute Gasteiger partial charge is 0.326 e. The molecule has 5 nitrogen and oxygen atoms in total. The maximum Gasteiger partial charge on any atom is 0.326 e. The van der Waals surface area contributed by atoms with Gasteiger partial charge in [-0.05, 0) is 42.2 Å². The number of hydrogen-bond donors (Lipinski definition) is 0. The van der Waals surface area contributed by atoms with E-state index in [2.05, 4.69) is 24.9 Å². The van der Waals surface area contributed by atoms with Gasteiger partial charge < -0.3 is 9.30 Å². The second kappa shape index (κ2) is 9.47. The van der Waals surface area contributed by atoms with Crippen LogP contribution in [0.3, 0.4) is 0 Å². The molecular weight excluding hydrogens is 384 g/mol. The third kappa shape index (κ3) is 5.29. The molecule has 0 aliphatic rings. The van der Waals surface area contributed by atoms with Gasteiger partial charge in [0, 0.05) is 6.08 Å². The van der Waals surface area contributed by atoms with Crippen LogP contribution in [0, 0.1) is 0 Å². The fraction of sp³-hybridized carbons (Fsp3) is 0.261. The molecule has 0 radical (unpaired) electrons. The van der Waals surface area contributed by atoms with Gasteiger partial charge in [0.05, 0.1) is 16.8 Å². The highest BCUT2D eigenvalue weighted by Gasteiger charge is 2.13. The van der Waals surface area contributed by atoms with Crippen LogP contribution >= 0.6 is 11.3 Å². The minimum atomic E-state index is -0.373. The van der Waals surface area contributed by atoms with Crippen molar-refractivity contribution >= 4 is 39.5 Å². The second-order valence-electron chi connectivity index (χ2n) is 6.85. The van der Waals surface area contributed by atoms with Crippen LogP contribution in [0.1, 0.15) is 37.8 Å². The van der Waals surface area contributed by atoms with Crippen molar-refractivity contribution in [1.29, 1.82) is 0 Å². The summed E-state index contributed by atoms with van der Waals surface area (Å²) in [4.78, 5) is 29.3. The molecule has 0 N–H and O–H groups in total. The second-order valence-corrected chi connectivity index (χ2v) is 7.86. The van der Waals surface area contributed by atoms with Crippen molar-refractivity contribution < 1.29 is 14.3 Å². The van der Waals surface area contributed by atoms with Crippen LogP contribution in [0.25, 0.3) is 16.3 Å². The number of carbonyl (C=O) groups excluding carboxylic acids is 2. The highest BCUT2D eigenvalue weighted by molar-refractivity contribution is 7.16. The van der Waals surface area contributed by atoms with E-state index in [1.54, 1.807) is 17.6 Å². The molecule has 150 valence electrons. The Kier molecular flexibility index (Phi) is 6.77. The van der Waals surface area contributed by atoms with Gasteiger partial charge in [-0.2, -0.15) is 4.99 Å². The minimum Gasteiger partial charge on any atom is -0.465 e. The minimum absolute atomic E-state index is 0.0172. The van der Waals surface area contributed by atoms with E-state index in [0.29, 0.717) is 17.3 Å². The zero-order valence-corrected chi connectivity index (χ0v) is 17.6. The van der Waals surface area contributed by atoms with Crippen LogP contribution in [0.5, 0.6) is 0 Å². The van der Waals surface area contributed by atoms with Crippen LogP contribution in [-0.4, -0.2) is 23.1 Å². The lowest BCUT2D eigenvalue weighted by atomic mass is 10.0. The van der Waals surface area contributed by atoms with Crippen LogP contribution in [0.15, 0.2) is 59.6 Å². The normalized spacial score (nSPS) is 12.2. The number of carbonyl (C=O) groups is 2. The van der Waals surface area contributed by atoms with Crippen molar-refractivity contribution in [2.75, 3.05) is 6.61 Å². The Bertz CT molecular complexity index is 1110. The summed E-state index contributed by atoms with van der Waals surface area (Å²) >= 11 is 1.40. The molecule has 0 aliphatic carbocycles. The molecule has 6 heteroatoms. The van der Waals surface area contributed by atoms with Gasteiger partial charge in [-0.3, -0.25) is 9.59 Å². The topological polar surface area (TPSA) is 60.7 Å². The molecule has 29 heavy (non-hydrogen) atoms. The molecule has 0 fully saturated rings. The molecule has 0 bridgehead atoms. The van der Waals surface area contributed by atoms with Gasteiger partial charge in [0.1, 0.15) is 6.54 Å². The number of esters is 1. The van der Waals surface area contributed by atoms with Crippen LogP contribution in [0.2, 0.25) is 0 Å². The lowest BCUT2D eigenvalue weighted by Crippen LogP contribution is -2.22. The number of fused-ring (bicyclic) bond motifs is 1. The number of benzene rings is 2. The van der Waals surface area contributed by atoms with Crippen molar-refractivity contribution in [3.63, 3.8) is 0 Å². The molecule has 3 aromatic rings. The van der Waals surface area contributed by atoms with Gasteiger partial charge in [0.2, 0.25) is 0 Å². The first kappa shape index (κ1) is 20.7. The number of ether oxygens (including phenoxy) is 1. The zero-order chi connectivity index (χ0) is 20.8. The average Bonchev–Trinajstić information content (AvgIpc) is 3.03. The van der Waals surface area contributed by atoms with Gasteiger partial charge in [0.15, 0.2) is 4.80 Å². The first-order valence-electron chi connectivity index (χ1n) is 9.58. The molecule has 0 saturated heterocycles. The molecule has 0 aliphatic heterocycles. The van der Waals surface area contributed by atoms with Gasteiger partial charge in [0.25, 0.3) is 5.91 Å². The molecule has 2 aromatic carbocycles. The Balaban J connectivity index is 2.01. The quantitative estimate of drug-likeness (QED) is 0.445. The Hall–Kier alpha value is -2.99. The zero-order valence-electron chi connectivity index (χ0n) is 16.8. The van der Waals surface area contributed by atoms with Gasteiger partial charge in [-0.15, -0.1) is 0 Å². The standard InChI is InChI=1S/C23H24N2O3S/c1-4-28-22(27)15-25-19-12-11-18(16(2)3)14-20(19)29-23(25)24-21(26)13-10-17-8-6-5-7-9-17/h5-14,16H,4,15H2,1-3H3/b13-10+,24-23?. The summed E-state index contributed by atoms with van der Waals surface area (Å²) in [7, 11) is 0. The Morgan fingerprint density at radius 2 is 1.93 bits per heavy atom. The van der Waals surface area contributed by atoms with E-state index in [1.807, 2.05) is 42.5 Å². The Morgan fingerprint density at radius 1 is 1.17 bits per heavy atom. The number of rotatable bonds is 6. The van der Waals surface area contributed by atoms with Crippen molar-refractivity contribution in [1.82, 2.24) is 4.57 Å². The number of aromatic nitrogens is 1. The van der Waals surface area contributed by atoms with E-state index in [1.165, 1.54) is 23.0 Å². The fourth-order valence-electron chi connectivity index (χ4n) is 2.89. The SMILES string of the molecule is CCOC(=O)Cn1c(=NC(=O)/C=C/c2ccccc2)sc2cc(C(C)C)ccc21. The first-order chi connectivity index (χ1) is 14.0. The molecule has 0 spiro atoms. The number of thiazole rings is 1. The summed E-state index contributed by atoms with van der Waals surface area (Å²) < 4.78 is 7.83. The third-order valence-electron chi connectivity index (χ3n) is 4.39. The maximum atomic E-state index is 12.4. The average molecular weight is 409 g/mol. The monoisotopic (exact) mass is 408 g/mol. The Morgan fingerprint density at radius 3 is 2.62 bits per heavy atom. The lowest BCUT2D eigenvalue weighted by molar-refractivity contribution is -0.143. The molecule has 3 rings (SSSR count). The van der Waals surface area contributed by atoms with Crippen molar-refractivity contribution in [3.8, 4) is 0 Å². The van der Waals surface area contributed by atoms with E-state index < -0.39 is 0 Å². The molecule has 0 saturated carbocycles. The Labute approximate surface area is 174 Å². The highest BCUT2D eigenvalue weighted by atomic mass is 32.1. The number of nitrogens with zero attached hydrogens (tertiary/aromatic N) is 2. The summed E-state index contributed by atoms with van der Waals surface area (Å²) in [5, 5.41) is 0. The van der Waals surface area contributed by atoms with Gasteiger partial charge >= 0.3 is 5.97 Å². The molecular formula is C23H24N2O3S.